The summed E-state index contributed by atoms with van der Waals surface area (Å²) < 4.78 is 13.1. The van der Waals surface area contributed by atoms with Gasteiger partial charge in [-0.25, -0.2) is 4.39 Å². The first-order chi connectivity index (χ1) is 9.63. The highest BCUT2D eigenvalue weighted by Gasteiger charge is 2.35. The van der Waals surface area contributed by atoms with Gasteiger partial charge < -0.3 is 10.2 Å². The summed E-state index contributed by atoms with van der Waals surface area (Å²) in [6, 6.07) is 8.07. The van der Waals surface area contributed by atoms with Crippen molar-refractivity contribution in [2.75, 3.05) is 20.1 Å². The zero-order valence-corrected chi connectivity index (χ0v) is 12.5. The second kappa shape index (κ2) is 5.82. The van der Waals surface area contributed by atoms with E-state index in [1.165, 1.54) is 37.9 Å². The van der Waals surface area contributed by atoms with E-state index in [4.69, 9.17) is 0 Å². The van der Waals surface area contributed by atoms with Crippen LogP contribution in [-0.4, -0.2) is 31.1 Å². The van der Waals surface area contributed by atoms with Gasteiger partial charge in [-0.3, -0.25) is 0 Å². The Labute approximate surface area is 121 Å². The highest BCUT2D eigenvalue weighted by Crippen LogP contribution is 2.41. The predicted molar refractivity (Wildman–Crippen MR) is 80.1 cm³/mol. The number of piperidine rings is 1. The normalized spacial score (nSPS) is 29.4. The van der Waals surface area contributed by atoms with E-state index in [1.807, 2.05) is 12.1 Å². The topological polar surface area (TPSA) is 15.3 Å². The summed E-state index contributed by atoms with van der Waals surface area (Å²) in [5, 5.41) is 3.87. The molecule has 1 N–H and O–H groups in total. The Hall–Kier alpha value is -0.930. The first-order valence-electron chi connectivity index (χ1n) is 7.83. The third-order valence-corrected chi connectivity index (χ3v) is 4.82. The maximum atomic E-state index is 13.1. The van der Waals surface area contributed by atoms with Gasteiger partial charge in [0.25, 0.3) is 0 Å². The Morgan fingerprint density at radius 1 is 1.20 bits per heavy atom. The molecule has 2 aliphatic rings. The fourth-order valence-electron chi connectivity index (χ4n) is 3.44. The van der Waals surface area contributed by atoms with Crippen LogP contribution >= 0.6 is 0 Å². The van der Waals surface area contributed by atoms with Gasteiger partial charge in [0.15, 0.2) is 0 Å². The van der Waals surface area contributed by atoms with Crippen LogP contribution in [0, 0.1) is 17.7 Å². The Balaban J connectivity index is 1.70. The Bertz CT molecular complexity index is 441. The van der Waals surface area contributed by atoms with E-state index >= 15 is 0 Å². The van der Waals surface area contributed by atoms with Crippen LogP contribution in [-0.2, 0) is 0 Å². The summed E-state index contributed by atoms with van der Waals surface area (Å²) in [5.41, 5.74) is 1.25. The van der Waals surface area contributed by atoms with Crippen LogP contribution in [0.1, 0.15) is 37.8 Å². The lowest BCUT2D eigenvalue weighted by molar-refractivity contribution is 0.163. The van der Waals surface area contributed by atoms with Crippen LogP contribution in [0.4, 0.5) is 4.39 Å². The van der Waals surface area contributed by atoms with Gasteiger partial charge in [0.05, 0.1) is 0 Å². The molecule has 1 heterocycles. The number of halogens is 1. The van der Waals surface area contributed by atoms with E-state index in [0.29, 0.717) is 18.0 Å². The molecule has 1 aromatic rings. The largest absolute Gasteiger partial charge is 0.307 e. The molecule has 1 aliphatic carbocycles. The lowest BCUT2D eigenvalue weighted by Gasteiger charge is -2.37. The van der Waals surface area contributed by atoms with E-state index in [1.54, 1.807) is 12.1 Å². The number of benzene rings is 1. The molecule has 3 heteroatoms. The van der Waals surface area contributed by atoms with Crippen molar-refractivity contribution >= 4 is 0 Å². The highest BCUT2D eigenvalue weighted by molar-refractivity contribution is 5.22. The smallest absolute Gasteiger partial charge is 0.123 e. The van der Waals surface area contributed by atoms with E-state index in [-0.39, 0.29) is 5.82 Å². The molecule has 3 atom stereocenters. The molecule has 0 radical (unpaired) electrons. The lowest BCUT2D eigenvalue weighted by Crippen LogP contribution is -2.48. The van der Waals surface area contributed by atoms with Crippen molar-refractivity contribution in [3.63, 3.8) is 0 Å². The molecular weight excluding hydrogens is 251 g/mol. The van der Waals surface area contributed by atoms with E-state index < -0.39 is 0 Å². The molecule has 20 heavy (non-hydrogen) atoms. The molecule has 1 aromatic carbocycles. The minimum Gasteiger partial charge on any atom is -0.307 e. The molecule has 3 unspecified atom stereocenters. The Morgan fingerprint density at radius 2 is 1.90 bits per heavy atom. The van der Waals surface area contributed by atoms with Crippen LogP contribution in [0.25, 0.3) is 0 Å². The fourth-order valence-corrected chi connectivity index (χ4v) is 3.44. The number of likely N-dealkylation sites (tertiary alicyclic amines) is 1. The molecule has 110 valence electrons. The van der Waals surface area contributed by atoms with Crippen LogP contribution in [0.5, 0.6) is 0 Å². The van der Waals surface area contributed by atoms with Gasteiger partial charge >= 0.3 is 0 Å². The Kier molecular flexibility index (Phi) is 4.08. The zero-order chi connectivity index (χ0) is 14.1. The minimum atomic E-state index is -0.143. The molecule has 0 amide bonds. The maximum absolute atomic E-state index is 13.1. The van der Waals surface area contributed by atoms with Gasteiger partial charge in [0.1, 0.15) is 5.82 Å². The average Bonchev–Trinajstić information content (AvgIpc) is 3.24. The lowest BCUT2D eigenvalue weighted by atomic mass is 9.91. The van der Waals surface area contributed by atoms with Crippen molar-refractivity contribution in [3.8, 4) is 0 Å². The summed E-state index contributed by atoms with van der Waals surface area (Å²) in [6.45, 7) is 4.67. The number of hydrogen-bond acceptors (Lipinski definition) is 2. The van der Waals surface area contributed by atoms with Crippen molar-refractivity contribution < 1.29 is 4.39 Å². The minimum absolute atomic E-state index is 0.143. The molecule has 1 aliphatic heterocycles. The number of nitrogens with zero attached hydrogens (tertiary/aromatic N) is 1. The van der Waals surface area contributed by atoms with Crippen LogP contribution in [0.3, 0.4) is 0 Å². The predicted octanol–water partition coefficient (Wildman–Crippen LogP) is 3.21. The molecule has 2 fully saturated rings. The maximum Gasteiger partial charge on any atom is 0.123 e. The second-order valence-corrected chi connectivity index (χ2v) is 6.67. The van der Waals surface area contributed by atoms with Crippen molar-refractivity contribution in [2.45, 2.75) is 38.3 Å². The molecule has 0 spiro atoms. The molecule has 2 nitrogen and oxygen atoms in total. The second-order valence-electron chi connectivity index (χ2n) is 6.67. The molecular formula is C17H25FN2. The number of nitrogens with one attached hydrogen (secondary N) is 1. The average molecular weight is 276 g/mol. The highest BCUT2D eigenvalue weighted by atomic mass is 19.1. The monoisotopic (exact) mass is 276 g/mol. The van der Waals surface area contributed by atoms with Crippen molar-refractivity contribution in [2.24, 2.45) is 11.8 Å². The van der Waals surface area contributed by atoms with Crippen molar-refractivity contribution in [3.05, 3.63) is 35.6 Å². The third kappa shape index (κ3) is 3.21. The number of rotatable bonds is 4. The van der Waals surface area contributed by atoms with Crippen LogP contribution < -0.4 is 5.32 Å². The van der Waals surface area contributed by atoms with Gasteiger partial charge in [-0.2, -0.15) is 0 Å². The van der Waals surface area contributed by atoms with Crippen LogP contribution in [0.15, 0.2) is 24.3 Å². The zero-order valence-electron chi connectivity index (χ0n) is 12.5. The fraction of sp³-hybridized carbons (Fsp3) is 0.647. The quantitative estimate of drug-likeness (QED) is 0.908. The van der Waals surface area contributed by atoms with Crippen molar-refractivity contribution in [1.82, 2.24) is 10.2 Å². The van der Waals surface area contributed by atoms with Gasteiger partial charge in [-0.15, -0.1) is 0 Å². The summed E-state index contributed by atoms with van der Waals surface area (Å²) in [4.78, 5) is 2.41. The molecule has 0 bridgehead atoms. The summed E-state index contributed by atoms with van der Waals surface area (Å²) in [7, 11) is 2.20. The van der Waals surface area contributed by atoms with E-state index in [0.717, 1.165) is 5.92 Å². The van der Waals surface area contributed by atoms with Crippen LogP contribution in [0.2, 0.25) is 0 Å². The van der Waals surface area contributed by atoms with E-state index in [2.05, 4.69) is 24.2 Å². The van der Waals surface area contributed by atoms with Gasteiger partial charge in [-0.1, -0.05) is 19.1 Å². The van der Waals surface area contributed by atoms with Gasteiger partial charge in [0.2, 0.25) is 0 Å². The van der Waals surface area contributed by atoms with Crippen molar-refractivity contribution in [1.29, 1.82) is 0 Å². The first-order valence-corrected chi connectivity index (χ1v) is 7.83. The molecule has 1 saturated carbocycles. The van der Waals surface area contributed by atoms with Gasteiger partial charge in [0, 0.05) is 18.6 Å². The molecule has 3 rings (SSSR count). The van der Waals surface area contributed by atoms with E-state index in [9.17, 15) is 4.39 Å². The standard InChI is InChI=1S/C17H25FN2/c1-12-11-20(2)10-9-16(12)19-17(13-3-4-13)14-5-7-15(18)8-6-14/h5-8,12-13,16-17,19H,3-4,9-11H2,1-2H3. The Morgan fingerprint density at radius 3 is 2.50 bits per heavy atom. The summed E-state index contributed by atoms with van der Waals surface area (Å²) in [6.07, 6.45) is 3.81. The van der Waals surface area contributed by atoms with Gasteiger partial charge in [-0.05, 0) is 62.4 Å². The first kappa shape index (κ1) is 14.0. The summed E-state index contributed by atoms with van der Waals surface area (Å²) in [5.74, 6) is 1.28. The molecule has 0 aromatic heterocycles. The third-order valence-electron chi connectivity index (χ3n) is 4.82. The number of hydrogen-bond donors (Lipinski definition) is 1. The molecule has 1 saturated heterocycles. The SMILES string of the molecule is CC1CN(C)CCC1NC(c1ccc(F)cc1)C1CC1. The summed E-state index contributed by atoms with van der Waals surface area (Å²) >= 11 is 0.